The Morgan fingerprint density at radius 1 is 1.24 bits per heavy atom. The molecule has 0 aliphatic carbocycles. The molecule has 21 heavy (non-hydrogen) atoms. The van der Waals surface area contributed by atoms with Gasteiger partial charge in [0.05, 0.1) is 4.92 Å². The molecule has 0 aromatic heterocycles. The number of rotatable bonds is 5. The lowest BCUT2D eigenvalue weighted by atomic mass is 10.2. The minimum atomic E-state index is -0.557. The van der Waals surface area contributed by atoms with Gasteiger partial charge in [0, 0.05) is 16.7 Å². The molecule has 0 saturated heterocycles. The maximum atomic E-state index is 13.5. The second-order valence-electron chi connectivity index (χ2n) is 4.12. The quantitative estimate of drug-likeness (QED) is 0.382. The Kier molecular flexibility index (Phi) is 4.71. The van der Waals surface area contributed by atoms with Crippen molar-refractivity contribution in [3.63, 3.8) is 0 Å². The summed E-state index contributed by atoms with van der Waals surface area (Å²) in [6.07, 6.45) is 0. The van der Waals surface area contributed by atoms with Crippen LogP contribution in [0.25, 0.3) is 0 Å². The number of halogens is 2. The number of nitrogens with one attached hydrogen (secondary N) is 1. The number of benzene rings is 2. The van der Waals surface area contributed by atoms with Crippen molar-refractivity contribution in [1.29, 1.82) is 0 Å². The van der Waals surface area contributed by atoms with Crippen LogP contribution < -0.4 is 11.3 Å². The Hall–Kier alpha value is -2.19. The van der Waals surface area contributed by atoms with E-state index in [9.17, 15) is 18.9 Å². The average molecular weight is 311 g/mol. The van der Waals surface area contributed by atoms with Crippen molar-refractivity contribution in [3.05, 3.63) is 63.7 Å². The van der Waals surface area contributed by atoms with Crippen LogP contribution in [-0.4, -0.2) is 4.92 Å². The molecule has 3 N–H and O–H groups in total. The molecule has 2 rings (SSSR count). The van der Waals surface area contributed by atoms with Crippen molar-refractivity contribution in [3.8, 4) is 0 Å². The van der Waals surface area contributed by atoms with Gasteiger partial charge in [0.1, 0.15) is 17.3 Å². The summed E-state index contributed by atoms with van der Waals surface area (Å²) in [7, 11) is 0. The summed E-state index contributed by atoms with van der Waals surface area (Å²) >= 11 is 1.09. The molecule has 0 saturated carbocycles. The molecule has 110 valence electrons. The molecule has 0 aliphatic heterocycles. The van der Waals surface area contributed by atoms with E-state index < -0.39 is 16.6 Å². The van der Waals surface area contributed by atoms with Crippen LogP contribution in [0.1, 0.15) is 5.56 Å². The molecule has 5 nitrogen and oxygen atoms in total. The predicted molar refractivity (Wildman–Crippen MR) is 76.8 cm³/mol. The SMILES string of the molecule is NNc1cc(CSc2cc(F)ccc2F)ccc1[N+](=O)[O-]. The van der Waals surface area contributed by atoms with Crippen molar-refractivity contribution in [2.45, 2.75) is 10.6 Å². The van der Waals surface area contributed by atoms with Crippen LogP contribution in [0.4, 0.5) is 20.2 Å². The molecule has 0 spiro atoms. The zero-order valence-corrected chi connectivity index (χ0v) is 11.5. The Balaban J connectivity index is 2.17. The van der Waals surface area contributed by atoms with E-state index in [0.717, 1.165) is 30.0 Å². The lowest BCUT2D eigenvalue weighted by molar-refractivity contribution is -0.384. The van der Waals surface area contributed by atoms with Crippen LogP contribution in [0.5, 0.6) is 0 Å². The standard InChI is InChI=1S/C13H11F2N3O2S/c14-9-2-3-10(15)13(6-9)21-7-8-1-4-12(18(19)20)11(5-8)17-16/h1-6,17H,7,16H2. The fraction of sp³-hybridized carbons (Fsp3) is 0.0769. The number of nitro benzene ring substituents is 1. The first-order valence-corrected chi connectivity index (χ1v) is 6.81. The molecular weight excluding hydrogens is 300 g/mol. The van der Waals surface area contributed by atoms with Gasteiger partial charge in [-0.1, -0.05) is 6.07 Å². The molecule has 0 heterocycles. The van der Waals surface area contributed by atoms with Crippen molar-refractivity contribution < 1.29 is 13.7 Å². The molecule has 8 heteroatoms. The number of nitrogens with two attached hydrogens (primary N) is 1. The highest BCUT2D eigenvalue weighted by molar-refractivity contribution is 7.98. The van der Waals surface area contributed by atoms with E-state index in [4.69, 9.17) is 5.84 Å². The van der Waals surface area contributed by atoms with E-state index >= 15 is 0 Å². The average Bonchev–Trinajstić information content (AvgIpc) is 2.47. The normalized spacial score (nSPS) is 10.4. The highest BCUT2D eigenvalue weighted by atomic mass is 32.2. The van der Waals surface area contributed by atoms with Crippen molar-refractivity contribution in [2.75, 3.05) is 5.43 Å². The summed E-state index contributed by atoms with van der Waals surface area (Å²) in [5, 5.41) is 10.8. The predicted octanol–water partition coefficient (Wildman–Crippen LogP) is 3.45. The molecule has 0 fully saturated rings. The number of nitrogens with zero attached hydrogens (tertiary/aromatic N) is 1. The second kappa shape index (κ2) is 6.51. The monoisotopic (exact) mass is 311 g/mol. The number of nitrogen functional groups attached to an aromatic ring is 1. The molecule has 0 unspecified atom stereocenters. The fourth-order valence-corrected chi connectivity index (χ4v) is 2.60. The van der Waals surface area contributed by atoms with Gasteiger partial charge in [-0.3, -0.25) is 16.0 Å². The third kappa shape index (κ3) is 3.67. The van der Waals surface area contributed by atoms with Gasteiger partial charge in [0.25, 0.3) is 5.69 Å². The maximum absolute atomic E-state index is 13.5. The van der Waals surface area contributed by atoms with Gasteiger partial charge in [-0.25, -0.2) is 8.78 Å². The van der Waals surface area contributed by atoms with Crippen LogP contribution >= 0.6 is 11.8 Å². The second-order valence-corrected chi connectivity index (χ2v) is 5.13. The summed E-state index contributed by atoms with van der Waals surface area (Å²) in [5.74, 6) is 4.53. The van der Waals surface area contributed by atoms with Gasteiger partial charge in [-0.05, 0) is 29.8 Å². The van der Waals surface area contributed by atoms with Crippen LogP contribution in [0, 0.1) is 21.7 Å². The highest BCUT2D eigenvalue weighted by Gasteiger charge is 2.13. The van der Waals surface area contributed by atoms with E-state index in [-0.39, 0.29) is 16.3 Å². The lowest BCUT2D eigenvalue weighted by Gasteiger charge is -2.06. The Morgan fingerprint density at radius 2 is 2.00 bits per heavy atom. The third-order valence-electron chi connectivity index (χ3n) is 2.70. The first-order valence-electron chi connectivity index (χ1n) is 5.83. The zero-order valence-electron chi connectivity index (χ0n) is 10.7. The highest BCUT2D eigenvalue weighted by Crippen LogP contribution is 2.30. The molecule has 0 bridgehead atoms. The van der Waals surface area contributed by atoms with Gasteiger partial charge >= 0.3 is 0 Å². The van der Waals surface area contributed by atoms with E-state index in [0.29, 0.717) is 11.3 Å². The molecule has 0 aliphatic rings. The smallest absolute Gasteiger partial charge is 0.293 e. The number of hydrogen-bond donors (Lipinski definition) is 2. The van der Waals surface area contributed by atoms with Crippen LogP contribution in [-0.2, 0) is 5.75 Å². The van der Waals surface area contributed by atoms with Crippen molar-refractivity contribution in [1.82, 2.24) is 0 Å². The Morgan fingerprint density at radius 3 is 2.67 bits per heavy atom. The number of anilines is 1. The van der Waals surface area contributed by atoms with E-state index in [1.165, 1.54) is 12.1 Å². The van der Waals surface area contributed by atoms with Gasteiger partial charge in [0.2, 0.25) is 0 Å². The Labute approximate surface area is 123 Å². The van der Waals surface area contributed by atoms with Gasteiger partial charge in [-0.15, -0.1) is 11.8 Å². The third-order valence-corrected chi connectivity index (χ3v) is 3.80. The van der Waals surface area contributed by atoms with Crippen LogP contribution in [0.2, 0.25) is 0 Å². The van der Waals surface area contributed by atoms with E-state index in [2.05, 4.69) is 5.43 Å². The van der Waals surface area contributed by atoms with E-state index in [1.54, 1.807) is 6.07 Å². The summed E-state index contributed by atoms with van der Waals surface area (Å²) in [6.45, 7) is 0. The van der Waals surface area contributed by atoms with Crippen molar-refractivity contribution >= 4 is 23.1 Å². The minimum Gasteiger partial charge on any atom is -0.318 e. The first kappa shape index (κ1) is 15.2. The lowest BCUT2D eigenvalue weighted by Crippen LogP contribution is -2.09. The topological polar surface area (TPSA) is 81.2 Å². The summed E-state index contributed by atoms with van der Waals surface area (Å²) in [5.41, 5.74) is 2.96. The minimum absolute atomic E-state index is 0.150. The van der Waals surface area contributed by atoms with Gasteiger partial charge < -0.3 is 5.43 Å². The molecule has 0 amide bonds. The number of hydrazine groups is 1. The molecule has 2 aromatic rings. The maximum Gasteiger partial charge on any atom is 0.293 e. The summed E-state index contributed by atoms with van der Waals surface area (Å²) in [6, 6.07) is 7.56. The number of hydrogen-bond acceptors (Lipinski definition) is 5. The van der Waals surface area contributed by atoms with Gasteiger partial charge in [0.15, 0.2) is 0 Å². The molecule has 0 radical (unpaired) electrons. The number of thioether (sulfide) groups is 1. The van der Waals surface area contributed by atoms with Crippen LogP contribution in [0.3, 0.4) is 0 Å². The Bertz CT molecular complexity index is 682. The fourth-order valence-electron chi connectivity index (χ4n) is 1.70. The molecular formula is C13H11F2N3O2S. The zero-order chi connectivity index (χ0) is 15.4. The van der Waals surface area contributed by atoms with E-state index in [1.807, 2.05) is 0 Å². The number of nitro groups is 1. The molecule has 2 aromatic carbocycles. The summed E-state index contributed by atoms with van der Waals surface area (Å²) < 4.78 is 26.5. The van der Waals surface area contributed by atoms with Gasteiger partial charge in [-0.2, -0.15) is 0 Å². The largest absolute Gasteiger partial charge is 0.318 e. The van der Waals surface area contributed by atoms with Crippen molar-refractivity contribution in [2.24, 2.45) is 5.84 Å². The van der Waals surface area contributed by atoms with Crippen LogP contribution in [0.15, 0.2) is 41.3 Å². The summed E-state index contributed by atoms with van der Waals surface area (Å²) in [4.78, 5) is 10.4. The first-order chi connectivity index (χ1) is 10.0. The molecule has 0 atom stereocenters.